The van der Waals surface area contributed by atoms with Gasteiger partial charge in [-0.15, -0.1) is 0 Å². The Labute approximate surface area is 180 Å². The van der Waals surface area contributed by atoms with E-state index >= 15 is 0 Å². The molecule has 1 heterocycles. The number of carbonyl (C=O) groups excluding carboxylic acids is 1. The van der Waals surface area contributed by atoms with Crippen molar-refractivity contribution in [3.63, 3.8) is 0 Å². The summed E-state index contributed by atoms with van der Waals surface area (Å²) in [5.74, 6) is 0.237. The van der Waals surface area contributed by atoms with E-state index in [1.807, 2.05) is 74.5 Å². The Morgan fingerprint density at radius 2 is 1.47 bits per heavy atom. The number of hydrogen-bond acceptors (Lipinski definition) is 4. The number of carbonyl (C=O) groups is 1. The van der Waals surface area contributed by atoms with E-state index in [2.05, 4.69) is 17.4 Å². The van der Waals surface area contributed by atoms with Crippen LogP contribution in [0.25, 0.3) is 11.0 Å². The minimum atomic E-state index is -0.0435. The van der Waals surface area contributed by atoms with Crippen molar-refractivity contribution >= 4 is 34.4 Å². The number of rotatable bonds is 6. The van der Waals surface area contributed by atoms with Crippen LogP contribution in [-0.2, 0) is 11.2 Å². The summed E-state index contributed by atoms with van der Waals surface area (Å²) in [4.78, 5) is 22.3. The predicted molar refractivity (Wildman–Crippen MR) is 124 cm³/mol. The minimum Gasteiger partial charge on any atom is -0.325 e. The number of aryl methyl sites for hydroxylation is 2. The molecule has 4 nitrogen and oxygen atoms in total. The molecule has 0 radical (unpaired) electrons. The Kier molecular flexibility index (Phi) is 6.10. The van der Waals surface area contributed by atoms with Gasteiger partial charge in [-0.2, -0.15) is 0 Å². The highest BCUT2D eigenvalue weighted by Crippen LogP contribution is 2.26. The Morgan fingerprint density at radius 1 is 0.833 bits per heavy atom. The maximum Gasteiger partial charge on any atom is 0.234 e. The summed E-state index contributed by atoms with van der Waals surface area (Å²) in [7, 11) is 0. The normalized spacial score (nSPS) is 10.9. The molecule has 4 aromatic rings. The third-order valence-corrected chi connectivity index (χ3v) is 5.91. The number of nitrogens with zero attached hydrogens (tertiary/aromatic N) is 2. The molecule has 0 fully saturated rings. The fourth-order valence-corrected chi connectivity index (χ4v) is 4.15. The first kappa shape index (κ1) is 20.1. The van der Waals surface area contributed by atoms with Crippen LogP contribution in [0.4, 0.5) is 5.69 Å². The quantitative estimate of drug-likeness (QED) is 0.420. The Bertz CT molecular complexity index is 1170. The van der Waals surface area contributed by atoms with E-state index in [9.17, 15) is 4.79 Å². The highest BCUT2D eigenvalue weighted by molar-refractivity contribution is 8.00. The standard InChI is InChI=1S/C25H23N3OS/c1-17-9-8-10-18(2)24(17)28-23(29)16-30-25-22(15-19-11-4-3-5-12-19)26-20-13-6-7-14-21(20)27-25/h3-14H,15-16H2,1-2H3,(H,28,29). The van der Waals surface area contributed by atoms with Gasteiger partial charge < -0.3 is 5.32 Å². The van der Waals surface area contributed by atoms with Gasteiger partial charge in [-0.3, -0.25) is 4.79 Å². The summed E-state index contributed by atoms with van der Waals surface area (Å²) in [6, 6.07) is 24.1. The lowest BCUT2D eigenvalue weighted by Crippen LogP contribution is -2.16. The monoisotopic (exact) mass is 413 g/mol. The molecule has 150 valence electrons. The summed E-state index contributed by atoms with van der Waals surface area (Å²) in [6.07, 6.45) is 0.680. The van der Waals surface area contributed by atoms with Crippen LogP contribution in [-0.4, -0.2) is 21.6 Å². The zero-order chi connectivity index (χ0) is 20.9. The van der Waals surface area contributed by atoms with Gasteiger partial charge in [0.05, 0.1) is 22.5 Å². The van der Waals surface area contributed by atoms with Crippen LogP contribution in [0.2, 0.25) is 0 Å². The second-order valence-corrected chi connectivity index (χ2v) is 8.19. The molecule has 1 aromatic heterocycles. The molecule has 0 aliphatic rings. The molecule has 0 atom stereocenters. The van der Waals surface area contributed by atoms with Gasteiger partial charge in [0.2, 0.25) is 5.91 Å². The molecule has 0 bridgehead atoms. The second kappa shape index (κ2) is 9.09. The topological polar surface area (TPSA) is 54.9 Å². The van der Waals surface area contributed by atoms with E-state index in [-0.39, 0.29) is 11.7 Å². The lowest BCUT2D eigenvalue weighted by atomic mass is 10.1. The molecule has 4 rings (SSSR count). The average molecular weight is 414 g/mol. The molecule has 0 saturated carbocycles. The fraction of sp³-hybridized carbons (Fsp3) is 0.160. The molecular formula is C25H23N3OS. The molecular weight excluding hydrogens is 390 g/mol. The molecule has 1 amide bonds. The third kappa shape index (κ3) is 4.69. The van der Waals surface area contributed by atoms with Gasteiger partial charge in [-0.1, -0.05) is 72.4 Å². The number of para-hydroxylation sites is 3. The van der Waals surface area contributed by atoms with Gasteiger partial charge in [0.1, 0.15) is 5.03 Å². The smallest absolute Gasteiger partial charge is 0.234 e. The van der Waals surface area contributed by atoms with E-state index in [0.29, 0.717) is 6.42 Å². The summed E-state index contributed by atoms with van der Waals surface area (Å²) < 4.78 is 0. The van der Waals surface area contributed by atoms with Gasteiger partial charge in [0.25, 0.3) is 0 Å². The molecule has 0 aliphatic heterocycles. The van der Waals surface area contributed by atoms with E-state index in [4.69, 9.17) is 9.97 Å². The zero-order valence-electron chi connectivity index (χ0n) is 17.1. The number of hydrogen-bond donors (Lipinski definition) is 1. The fourth-order valence-electron chi connectivity index (χ4n) is 3.36. The first-order valence-corrected chi connectivity index (χ1v) is 10.9. The third-order valence-electron chi connectivity index (χ3n) is 4.91. The van der Waals surface area contributed by atoms with E-state index in [1.165, 1.54) is 17.3 Å². The number of fused-ring (bicyclic) bond motifs is 1. The van der Waals surface area contributed by atoms with Crippen LogP contribution in [0.5, 0.6) is 0 Å². The van der Waals surface area contributed by atoms with Gasteiger partial charge >= 0.3 is 0 Å². The van der Waals surface area contributed by atoms with Gasteiger partial charge in [0, 0.05) is 12.1 Å². The Balaban J connectivity index is 1.56. The molecule has 3 aromatic carbocycles. The number of anilines is 1. The van der Waals surface area contributed by atoms with Crippen LogP contribution in [0.3, 0.4) is 0 Å². The maximum atomic E-state index is 12.6. The molecule has 0 saturated heterocycles. The van der Waals surface area contributed by atoms with Gasteiger partial charge in [-0.25, -0.2) is 9.97 Å². The molecule has 0 aliphatic carbocycles. The molecule has 0 spiro atoms. The summed E-state index contributed by atoms with van der Waals surface area (Å²) >= 11 is 1.43. The molecule has 0 unspecified atom stereocenters. The van der Waals surface area contributed by atoms with Crippen LogP contribution in [0.15, 0.2) is 77.8 Å². The molecule has 5 heteroatoms. The summed E-state index contributed by atoms with van der Waals surface area (Å²) in [6.45, 7) is 4.01. The number of thioether (sulfide) groups is 1. The van der Waals surface area contributed by atoms with Crippen molar-refractivity contribution in [3.05, 3.63) is 95.2 Å². The van der Waals surface area contributed by atoms with Gasteiger partial charge in [-0.05, 0) is 42.7 Å². The number of aromatic nitrogens is 2. The average Bonchev–Trinajstić information content (AvgIpc) is 2.75. The molecule has 1 N–H and O–H groups in total. The predicted octanol–water partition coefficient (Wildman–Crippen LogP) is 5.57. The van der Waals surface area contributed by atoms with Crippen molar-refractivity contribution in [2.24, 2.45) is 0 Å². The first-order chi connectivity index (χ1) is 14.6. The van der Waals surface area contributed by atoms with E-state index in [0.717, 1.165) is 38.6 Å². The number of amides is 1. The maximum absolute atomic E-state index is 12.6. The highest BCUT2D eigenvalue weighted by atomic mass is 32.2. The van der Waals surface area contributed by atoms with E-state index < -0.39 is 0 Å². The lowest BCUT2D eigenvalue weighted by Gasteiger charge is -2.12. The van der Waals surface area contributed by atoms with Crippen molar-refractivity contribution in [2.45, 2.75) is 25.3 Å². The number of benzene rings is 3. The van der Waals surface area contributed by atoms with Crippen LogP contribution in [0.1, 0.15) is 22.4 Å². The second-order valence-electron chi connectivity index (χ2n) is 7.23. The van der Waals surface area contributed by atoms with Crippen LogP contribution in [0, 0.1) is 13.8 Å². The van der Waals surface area contributed by atoms with Crippen molar-refractivity contribution in [3.8, 4) is 0 Å². The Morgan fingerprint density at radius 3 is 2.17 bits per heavy atom. The summed E-state index contributed by atoms with van der Waals surface area (Å²) in [5, 5.41) is 3.85. The summed E-state index contributed by atoms with van der Waals surface area (Å²) in [5.41, 5.74) is 6.78. The largest absolute Gasteiger partial charge is 0.325 e. The zero-order valence-corrected chi connectivity index (χ0v) is 17.9. The van der Waals surface area contributed by atoms with Crippen molar-refractivity contribution in [1.82, 2.24) is 9.97 Å². The van der Waals surface area contributed by atoms with Crippen molar-refractivity contribution in [2.75, 3.05) is 11.1 Å². The highest BCUT2D eigenvalue weighted by Gasteiger charge is 2.14. The molecule has 30 heavy (non-hydrogen) atoms. The SMILES string of the molecule is Cc1cccc(C)c1NC(=O)CSc1nc2ccccc2nc1Cc1ccccc1. The minimum absolute atomic E-state index is 0.0435. The van der Waals surface area contributed by atoms with Crippen LogP contribution >= 0.6 is 11.8 Å². The lowest BCUT2D eigenvalue weighted by molar-refractivity contribution is -0.113. The first-order valence-electron chi connectivity index (χ1n) is 9.88. The Hall–Kier alpha value is -3.18. The number of nitrogens with one attached hydrogen (secondary N) is 1. The van der Waals surface area contributed by atoms with Crippen molar-refractivity contribution in [1.29, 1.82) is 0 Å². The van der Waals surface area contributed by atoms with Crippen LogP contribution < -0.4 is 5.32 Å². The van der Waals surface area contributed by atoms with Gasteiger partial charge in [0.15, 0.2) is 0 Å². The van der Waals surface area contributed by atoms with Crippen molar-refractivity contribution < 1.29 is 4.79 Å². The van der Waals surface area contributed by atoms with E-state index in [1.54, 1.807) is 0 Å².